The van der Waals surface area contributed by atoms with Gasteiger partial charge in [0.2, 0.25) is 0 Å². The van der Waals surface area contributed by atoms with Gasteiger partial charge in [0, 0.05) is 31.7 Å². The molecule has 2 aliphatic rings. The lowest BCUT2D eigenvalue weighted by Crippen LogP contribution is -2.38. The Morgan fingerprint density at radius 3 is 2.88 bits per heavy atom. The maximum Gasteiger partial charge on any atom is 0.345 e. The van der Waals surface area contributed by atoms with Gasteiger partial charge in [-0.1, -0.05) is 0 Å². The largest absolute Gasteiger partial charge is 0.349 e. The number of aryl methyl sites for hydroxylation is 1. The highest BCUT2D eigenvalue weighted by molar-refractivity contribution is 5.93. The molecule has 4 rings (SSSR count). The number of fused-ring (bicyclic) bond motifs is 1. The van der Waals surface area contributed by atoms with Crippen molar-refractivity contribution in [2.45, 2.75) is 51.2 Å². The predicted molar refractivity (Wildman–Crippen MR) is 90.5 cm³/mol. The summed E-state index contributed by atoms with van der Waals surface area (Å²) in [5.74, 6) is 1.02. The van der Waals surface area contributed by atoms with Crippen LogP contribution >= 0.6 is 0 Å². The second-order valence-electron chi connectivity index (χ2n) is 6.89. The number of pyridine rings is 1. The van der Waals surface area contributed by atoms with Gasteiger partial charge in [-0.25, -0.2) is 9.48 Å². The van der Waals surface area contributed by atoms with E-state index in [2.05, 4.69) is 15.4 Å². The van der Waals surface area contributed by atoms with Crippen molar-refractivity contribution in [2.75, 3.05) is 0 Å². The zero-order valence-corrected chi connectivity index (χ0v) is 13.9. The van der Waals surface area contributed by atoms with Crippen LogP contribution in [0.25, 0.3) is 0 Å². The fourth-order valence-corrected chi connectivity index (χ4v) is 3.30. The molecule has 1 atom stereocenters. The van der Waals surface area contributed by atoms with Crippen molar-refractivity contribution < 1.29 is 4.79 Å². The smallest absolute Gasteiger partial charge is 0.345 e. The van der Waals surface area contributed by atoms with Gasteiger partial charge in [0.1, 0.15) is 11.4 Å². The van der Waals surface area contributed by atoms with E-state index in [1.807, 2.05) is 0 Å². The van der Waals surface area contributed by atoms with Crippen LogP contribution in [0, 0.1) is 5.92 Å². The molecule has 0 saturated heterocycles. The Balaban J connectivity index is 1.43. The minimum atomic E-state index is -0.399. The number of hydrogen-bond donors (Lipinski definition) is 2. The summed E-state index contributed by atoms with van der Waals surface area (Å²) in [6.45, 7) is 1.25. The predicted octanol–water partition coefficient (Wildman–Crippen LogP) is 0.278. The Kier molecular flexibility index (Phi) is 4.03. The maximum absolute atomic E-state index is 12.5. The van der Waals surface area contributed by atoms with Crippen molar-refractivity contribution in [3.8, 4) is 0 Å². The first-order chi connectivity index (χ1) is 12.1. The number of H-pyrrole nitrogens is 1. The van der Waals surface area contributed by atoms with Crippen molar-refractivity contribution in [3.63, 3.8) is 0 Å². The quantitative estimate of drug-likeness (QED) is 0.832. The van der Waals surface area contributed by atoms with E-state index >= 15 is 0 Å². The Morgan fingerprint density at radius 2 is 2.12 bits per heavy atom. The van der Waals surface area contributed by atoms with E-state index < -0.39 is 5.56 Å². The molecule has 0 radical (unpaired) electrons. The number of nitrogens with zero attached hydrogens (tertiary/aromatic N) is 3. The average molecular weight is 343 g/mol. The molecule has 1 fully saturated rings. The zero-order chi connectivity index (χ0) is 17.4. The minimum absolute atomic E-state index is 0.0478. The molecule has 0 bridgehead atoms. The third-order valence-corrected chi connectivity index (χ3v) is 4.94. The average Bonchev–Trinajstić information content (AvgIpc) is 3.38. The van der Waals surface area contributed by atoms with Gasteiger partial charge in [0.15, 0.2) is 0 Å². The number of carbonyl (C=O) groups is 1. The molecule has 25 heavy (non-hydrogen) atoms. The summed E-state index contributed by atoms with van der Waals surface area (Å²) in [6, 6.07) is 3.05. The summed E-state index contributed by atoms with van der Waals surface area (Å²) in [6.07, 6.45) is 5.86. The summed E-state index contributed by atoms with van der Waals surface area (Å²) in [5, 5.41) is 7.38. The van der Waals surface area contributed by atoms with E-state index in [-0.39, 0.29) is 23.2 Å². The van der Waals surface area contributed by atoms with Crippen LogP contribution in [-0.4, -0.2) is 31.3 Å². The van der Waals surface area contributed by atoms with E-state index in [0.29, 0.717) is 31.7 Å². The molecule has 1 aliphatic heterocycles. The van der Waals surface area contributed by atoms with Gasteiger partial charge < -0.3 is 10.3 Å². The van der Waals surface area contributed by atoms with Gasteiger partial charge in [-0.05, 0) is 43.7 Å². The van der Waals surface area contributed by atoms with E-state index in [9.17, 15) is 14.4 Å². The lowest BCUT2D eigenvalue weighted by molar-refractivity contribution is 0.0931. The first-order valence-corrected chi connectivity index (χ1v) is 8.77. The second kappa shape index (κ2) is 6.34. The SMILES string of the molecule is O=C(NC1CCc2nn(CC3CC3)c(=O)n2CC1)c1ccc[nH]c1=O. The van der Waals surface area contributed by atoms with Gasteiger partial charge in [-0.3, -0.25) is 14.2 Å². The fourth-order valence-electron chi connectivity index (χ4n) is 3.30. The van der Waals surface area contributed by atoms with Gasteiger partial charge in [-0.2, -0.15) is 5.10 Å². The number of nitrogens with one attached hydrogen (secondary N) is 2. The normalized spacial score (nSPS) is 19.9. The van der Waals surface area contributed by atoms with Crippen molar-refractivity contribution in [1.29, 1.82) is 0 Å². The van der Waals surface area contributed by atoms with E-state index in [1.165, 1.54) is 25.1 Å². The van der Waals surface area contributed by atoms with Crippen molar-refractivity contribution in [3.05, 3.63) is 50.6 Å². The van der Waals surface area contributed by atoms with Crippen LogP contribution in [0.2, 0.25) is 0 Å². The summed E-state index contributed by atoms with van der Waals surface area (Å²) in [5.41, 5.74) is -0.339. The molecule has 2 N–H and O–H groups in total. The third-order valence-electron chi connectivity index (χ3n) is 4.94. The van der Waals surface area contributed by atoms with E-state index in [0.717, 1.165) is 12.4 Å². The lowest BCUT2D eigenvalue weighted by atomic mass is 10.1. The van der Waals surface area contributed by atoms with Crippen LogP contribution in [0.5, 0.6) is 0 Å². The topological polar surface area (TPSA) is 102 Å². The minimum Gasteiger partial charge on any atom is -0.349 e. The van der Waals surface area contributed by atoms with Crippen LogP contribution in [-0.2, 0) is 19.5 Å². The highest BCUT2D eigenvalue weighted by Crippen LogP contribution is 2.29. The van der Waals surface area contributed by atoms with Crippen LogP contribution in [0.15, 0.2) is 27.9 Å². The molecular formula is C17H21N5O3. The summed E-state index contributed by atoms with van der Waals surface area (Å²) < 4.78 is 3.32. The van der Waals surface area contributed by atoms with Crippen molar-refractivity contribution in [1.82, 2.24) is 24.6 Å². The fraction of sp³-hybridized carbons (Fsp3) is 0.529. The third kappa shape index (κ3) is 3.29. The van der Waals surface area contributed by atoms with Crippen LogP contribution < -0.4 is 16.6 Å². The summed E-state index contributed by atoms with van der Waals surface area (Å²) >= 11 is 0. The van der Waals surface area contributed by atoms with Crippen molar-refractivity contribution in [2.24, 2.45) is 5.92 Å². The van der Waals surface area contributed by atoms with Gasteiger partial charge in [0.05, 0.1) is 0 Å². The molecule has 0 aromatic carbocycles. The monoisotopic (exact) mass is 343 g/mol. The number of aromatic amines is 1. The number of rotatable bonds is 4. The molecule has 8 heteroatoms. The van der Waals surface area contributed by atoms with E-state index in [4.69, 9.17) is 0 Å². The lowest BCUT2D eigenvalue weighted by Gasteiger charge is -2.15. The number of aromatic nitrogens is 4. The Bertz CT molecular complexity index is 905. The molecule has 8 nitrogen and oxygen atoms in total. The molecular weight excluding hydrogens is 322 g/mol. The molecule has 1 aliphatic carbocycles. The van der Waals surface area contributed by atoms with Crippen LogP contribution in [0.4, 0.5) is 0 Å². The molecule has 0 spiro atoms. The highest BCUT2D eigenvalue weighted by atomic mass is 16.2. The molecule has 1 unspecified atom stereocenters. The Morgan fingerprint density at radius 1 is 1.28 bits per heavy atom. The molecule has 132 valence electrons. The highest BCUT2D eigenvalue weighted by Gasteiger charge is 2.26. The van der Waals surface area contributed by atoms with E-state index in [1.54, 1.807) is 15.3 Å². The van der Waals surface area contributed by atoms with Crippen LogP contribution in [0.1, 0.15) is 41.9 Å². The summed E-state index contributed by atoms with van der Waals surface area (Å²) in [7, 11) is 0. The van der Waals surface area contributed by atoms with Gasteiger partial charge >= 0.3 is 5.69 Å². The molecule has 3 heterocycles. The number of carbonyl (C=O) groups excluding carboxylic acids is 1. The zero-order valence-electron chi connectivity index (χ0n) is 13.9. The standard InChI is InChI=1S/C17H21N5O3/c23-15-13(2-1-8-18-15)16(24)19-12-5-6-14-20-22(10-11-3-4-11)17(25)21(14)9-7-12/h1-2,8,11-12H,3-7,9-10H2,(H,18,23)(H,19,24). The van der Waals surface area contributed by atoms with Crippen LogP contribution in [0.3, 0.4) is 0 Å². The van der Waals surface area contributed by atoms with Gasteiger partial charge in [0.25, 0.3) is 11.5 Å². The summed E-state index contributed by atoms with van der Waals surface area (Å²) in [4.78, 5) is 39.0. The van der Waals surface area contributed by atoms with Crippen molar-refractivity contribution >= 4 is 5.91 Å². The number of amides is 1. The van der Waals surface area contributed by atoms with Gasteiger partial charge in [-0.15, -0.1) is 0 Å². The molecule has 1 amide bonds. The number of hydrogen-bond acceptors (Lipinski definition) is 4. The second-order valence-corrected chi connectivity index (χ2v) is 6.89. The first-order valence-electron chi connectivity index (χ1n) is 8.77. The Labute approximate surface area is 143 Å². The molecule has 2 aromatic heterocycles. The molecule has 1 saturated carbocycles. The maximum atomic E-state index is 12.5. The molecule has 2 aromatic rings. The first kappa shape index (κ1) is 15.9. The Hall–Kier alpha value is -2.64.